The second-order valence-corrected chi connectivity index (χ2v) is 4.77. The molecule has 0 radical (unpaired) electrons. The average Bonchev–Trinajstić information content (AvgIpc) is 2.66. The number of carbonyl (C=O) groups excluding carboxylic acids is 1. The molecule has 0 fully saturated rings. The molecular formula is C15H19N3O. The van der Waals surface area contributed by atoms with E-state index in [1.807, 2.05) is 36.9 Å². The van der Waals surface area contributed by atoms with Crippen LogP contribution in [0.15, 0.2) is 36.4 Å². The van der Waals surface area contributed by atoms with Gasteiger partial charge in [-0.05, 0) is 11.6 Å². The van der Waals surface area contributed by atoms with Gasteiger partial charge in [-0.1, -0.05) is 30.3 Å². The molecule has 0 amide bonds. The fourth-order valence-corrected chi connectivity index (χ4v) is 2.36. The van der Waals surface area contributed by atoms with Gasteiger partial charge in [0, 0.05) is 27.6 Å². The Balaban J connectivity index is 2.29. The largest absolute Gasteiger partial charge is 0.396 e. The van der Waals surface area contributed by atoms with Crippen molar-refractivity contribution in [1.29, 1.82) is 0 Å². The van der Waals surface area contributed by atoms with Gasteiger partial charge in [-0.2, -0.15) is 0 Å². The van der Waals surface area contributed by atoms with Crippen LogP contribution in [0.3, 0.4) is 0 Å². The highest BCUT2D eigenvalue weighted by atomic mass is 16.1. The highest BCUT2D eigenvalue weighted by molar-refractivity contribution is 5.95. The number of nitrogens with zero attached hydrogens (tertiary/aromatic N) is 2. The van der Waals surface area contributed by atoms with Crippen LogP contribution in [0.2, 0.25) is 0 Å². The summed E-state index contributed by atoms with van der Waals surface area (Å²) in [4.78, 5) is 13.6. The van der Waals surface area contributed by atoms with E-state index in [-0.39, 0.29) is 5.78 Å². The van der Waals surface area contributed by atoms with Crippen LogP contribution < -0.4 is 10.6 Å². The van der Waals surface area contributed by atoms with Gasteiger partial charge in [0.1, 0.15) is 5.82 Å². The van der Waals surface area contributed by atoms with E-state index in [9.17, 15) is 4.79 Å². The lowest BCUT2D eigenvalue weighted by Gasteiger charge is -2.21. The molecule has 2 rings (SSSR count). The maximum absolute atomic E-state index is 11.5. The molecular weight excluding hydrogens is 238 g/mol. The number of ketones is 1. The first kappa shape index (κ1) is 13.2. The molecule has 100 valence electrons. The van der Waals surface area contributed by atoms with Crippen LogP contribution in [0.5, 0.6) is 0 Å². The lowest BCUT2D eigenvalue weighted by Crippen LogP contribution is -2.21. The van der Waals surface area contributed by atoms with E-state index in [2.05, 4.69) is 17.0 Å². The summed E-state index contributed by atoms with van der Waals surface area (Å²) in [5.41, 5.74) is 8.49. The minimum absolute atomic E-state index is 0.0218. The molecule has 0 saturated heterocycles. The summed E-state index contributed by atoms with van der Waals surface area (Å²) in [5.74, 6) is 0.891. The number of anilines is 2. The Morgan fingerprint density at radius 2 is 1.95 bits per heavy atom. The molecule has 0 bridgehead atoms. The van der Waals surface area contributed by atoms with Crippen molar-refractivity contribution >= 4 is 17.3 Å². The fourth-order valence-electron chi connectivity index (χ4n) is 2.36. The summed E-state index contributed by atoms with van der Waals surface area (Å²) >= 11 is 0. The Hall–Kier alpha value is -2.23. The molecule has 0 atom stereocenters. The molecule has 0 aliphatic rings. The first-order valence-electron chi connectivity index (χ1n) is 6.22. The molecule has 2 aromatic rings. The normalized spacial score (nSPS) is 10.5. The molecule has 2 N–H and O–H groups in total. The zero-order valence-corrected chi connectivity index (χ0v) is 11.6. The van der Waals surface area contributed by atoms with E-state index in [4.69, 9.17) is 5.73 Å². The Kier molecular flexibility index (Phi) is 3.60. The SMILES string of the molecule is CC(=O)c1cc(N)c(N(C)Cc2ccccc2)n1C. The lowest BCUT2D eigenvalue weighted by molar-refractivity contribution is 0.101. The number of nitrogens with two attached hydrogens (primary N) is 1. The number of hydrogen-bond donors (Lipinski definition) is 1. The van der Waals surface area contributed by atoms with Gasteiger partial charge in [-0.3, -0.25) is 4.79 Å². The summed E-state index contributed by atoms with van der Waals surface area (Å²) < 4.78 is 1.85. The number of nitrogen functional groups attached to an aromatic ring is 1. The third kappa shape index (κ3) is 2.62. The van der Waals surface area contributed by atoms with E-state index in [0.717, 1.165) is 12.4 Å². The number of aromatic nitrogens is 1. The average molecular weight is 257 g/mol. The first-order valence-corrected chi connectivity index (χ1v) is 6.22. The van der Waals surface area contributed by atoms with E-state index in [0.29, 0.717) is 11.4 Å². The van der Waals surface area contributed by atoms with Gasteiger partial charge >= 0.3 is 0 Å². The van der Waals surface area contributed by atoms with Gasteiger partial charge in [0.25, 0.3) is 0 Å². The summed E-state index contributed by atoms with van der Waals surface area (Å²) in [5, 5.41) is 0. The number of hydrogen-bond acceptors (Lipinski definition) is 3. The molecule has 0 aliphatic carbocycles. The van der Waals surface area contributed by atoms with Gasteiger partial charge < -0.3 is 15.2 Å². The second-order valence-electron chi connectivity index (χ2n) is 4.77. The van der Waals surface area contributed by atoms with Crippen LogP contribution >= 0.6 is 0 Å². The van der Waals surface area contributed by atoms with Crippen molar-refractivity contribution in [1.82, 2.24) is 4.57 Å². The smallest absolute Gasteiger partial charge is 0.176 e. The van der Waals surface area contributed by atoms with Crippen molar-refractivity contribution in [2.24, 2.45) is 7.05 Å². The lowest BCUT2D eigenvalue weighted by atomic mass is 10.2. The first-order chi connectivity index (χ1) is 9.00. The summed E-state index contributed by atoms with van der Waals surface area (Å²) in [7, 11) is 3.84. The van der Waals surface area contributed by atoms with Gasteiger partial charge in [0.05, 0.1) is 11.4 Å². The van der Waals surface area contributed by atoms with Crippen LogP contribution in [-0.4, -0.2) is 17.4 Å². The number of carbonyl (C=O) groups is 1. The molecule has 0 saturated carbocycles. The van der Waals surface area contributed by atoms with Crippen molar-refractivity contribution in [2.45, 2.75) is 13.5 Å². The summed E-state index contributed by atoms with van der Waals surface area (Å²) in [6.07, 6.45) is 0. The highest BCUT2D eigenvalue weighted by Crippen LogP contribution is 2.27. The number of Topliss-reactive ketones (excluding diaryl/α,β-unsaturated/α-hetero) is 1. The standard InChI is InChI=1S/C15H19N3O/c1-11(19)14-9-13(16)15(18(14)3)17(2)10-12-7-5-4-6-8-12/h4-9H,10,16H2,1-3H3. The van der Waals surface area contributed by atoms with Gasteiger partial charge in [0.2, 0.25) is 0 Å². The highest BCUT2D eigenvalue weighted by Gasteiger charge is 2.16. The molecule has 4 heteroatoms. The summed E-state index contributed by atoms with van der Waals surface area (Å²) in [6.45, 7) is 2.30. The number of benzene rings is 1. The van der Waals surface area contributed by atoms with Crippen LogP contribution in [0.25, 0.3) is 0 Å². The molecule has 1 heterocycles. The maximum Gasteiger partial charge on any atom is 0.176 e. The van der Waals surface area contributed by atoms with Crippen molar-refractivity contribution in [3.8, 4) is 0 Å². The summed E-state index contributed by atoms with van der Waals surface area (Å²) in [6, 6.07) is 11.9. The molecule has 4 nitrogen and oxygen atoms in total. The van der Waals surface area contributed by atoms with Crippen molar-refractivity contribution in [2.75, 3.05) is 17.7 Å². The second kappa shape index (κ2) is 5.18. The predicted molar refractivity (Wildman–Crippen MR) is 78.4 cm³/mol. The Labute approximate surface area is 113 Å². The van der Waals surface area contributed by atoms with Gasteiger partial charge in [0.15, 0.2) is 5.78 Å². The molecule has 19 heavy (non-hydrogen) atoms. The third-order valence-electron chi connectivity index (χ3n) is 3.21. The van der Waals surface area contributed by atoms with Crippen LogP contribution in [0, 0.1) is 0 Å². The zero-order chi connectivity index (χ0) is 14.0. The van der Waals surface area contributed by atoms with E-state index in [1.54, 1.807) is 13.0 Å². The molecule has 1 aromatic heterocycles. The minimum Gasteiger partial charge on any atom is -0.396 e. The third-order valence-corrected chi connectivity index (χ3v) is 3.21. The maximum atomic E-state index is 11.5. The number of rotatable bonds is 4. The van der Waals surface area contributed by atoms with Gasteiger partial charge in [-0.25, -0.2) is 0 Å². The monoisotopic (exact) mass is 257 g/mol. The Bertz CT molecular complexity index is 587. The molecule has 0 unspecified atom stereocenters. The fraction of sp³-hybridized carbons (Fsp3) is 0.267. The zero-order valence-electron chi connectivity index (χ0n) is 11.6. The van der Waals surface area contributed by atoms with Crippen LogP contribution in [-0.2, 0) is 13.6 Å². The Morgan fingerprint density at radius 3 is 2.47 bits per heavy atom. The topological polar surface area (TPSA) is 51.3 Å². The van der Waals surface area contributed by atoms with Gasteiger partial charge in [-0.15, -0.1) is 0 Å². The van der Waals surface area contributed by atoms with E-state index >= 15 is 0 Å². The molecule has 1 aromatic carbocycles. The van der Waals surface area contributed by atoms with Crippen molar-refractivity contribution in [3.63, 3.8) is 0 Å². The van der Waals surface area contributed by atoms with Crippen LogP contribution in [0.4, 0.5) is 11.5 Å². The predicted octanol–water partition coefficient (Wildman–Crippen LogP) is 2.45. The van der Waals surface area contributed by atoms with E-state index < -0.39 is 0 Å². The van der Waals surface area contributed by atoms with Crippen molar-refractivity contribution in [3.05, 3.63) is 47.7 Å². The minimum atomic E-state index is 0.0218. The Morgan fingerprint density at radius 1 is 1.32 bits per heavy atom. The van der Waals surface area contributed by atoms with E-state index in [1.165, 1.54) is 5.56 Å². The molecule has 0 aliphatic heterocycles. The van der Waals surface area contributed by atoms with Crippen molar-refractivity contribution < 1.29 is 4.79 Å². The van der Waals surface area contributed by atoms with Crippen LogP contribution in [0.1, 0.15) is 23.0 Å². The quantitative estimate of drug-likeness (QED) is 0.856. The molecule has 0 spiro atoms.